The van der Waals surface area contributed by atoms with Gasteiger partial charge in [0.05, 0.1) is 6.54 Å². The zero-order valence-electron chi connectivity index (χ0n) is 14.4. The molecule has 0 saturated heterocycles. The number of rotatable bonds is 8. The largest absolute Gasteiger partial charge is 0.485 e. The highest BCUT2D eigenvalue weighted by Crippen LogP contribution is 2.30. The number of benzene rings is 3. The lowest BCUT2D eigenvalue weighted by Crippen LogP contribution is -2.51. The summed E-state index contributed by atoms with van der Waals surface area (Å²) in [4.78, 5) is 0. The molecule has 0 aliphatic carbocycles. The lowest BCUT2D eigenvalue weighted by atomic mass is 10.1. The molecule has 0 aromatic heterocycles. The van der Waals surface area contributed by atoms with Crippen molar-refractivity contribution < 1.29 is 15.2 Å². The average molecular weight is 334 g/mol. The highest BCUT2D eigenvalue weighted by Gasteiger charge is 2.08. The van der Waals surface area contributed by atoms with Crippen LogP contribution < -0.4 is 15.2 Å². The molecule has 0 spiro atoms. The van der Waals surface area contributed by atoms with Crippen LogP contribution >= 0.6 is 0 Å². The molecule has 3 aromatic carbocycles. The van der Waals surface area contributed by atoms with E-state index in [1.165, 1.54) is 5.56 Å². The maximum atomic E-state index is 6.05. The zero-order chi connectivity index (χ0) is 17.3. The number of hydrogen-bond acceptors (Lipinski definition) is 2. The fraction of sp³-hybridized carbons (Fsp3) is 0.182. The molecule has 128 valence electrons. The summed E-state index contributed by atoms with van der Waals surface area (Å²) in [6.45, 7) is 1.91. The molecule has 0 saturated carbocycles. The molecule has 0 atom stereocenters. The molecule has 0 aliphatic heterocycles. The van der Waals surface area contributed by atoms with E-state index in [1.54, 1.807) is 0 Å². The maximum absolute atomic E-state index is 6.05. The second-order valence-corrected chi connectivity index (χ2v) is 5.93. The predicted molar refractivity (Wildman–Crippen MR) is 99.4 cm³/mol. The third-order valence-electron chi connectivity index (χ3n) is 3.95. The molecule has 0 amide bonds. The van der Waals surface area contributed by atoms with Crippen LogP contribution in [0.3, 0.4) is 0 Å². The van der Waals surface area contributed by atoms with E-state index < -0.39 is 0 Å². The van der Waals surface area contributed by atoms with Crippen LogP contribution in [-0.2, 0) is 19.6 Å². The third-order valence-corrected chi connectivity index (χ3v) is 3.95. The van der Waals surface area contributed by atoms with Gasteiger partial charge in [-0.1, -0.05) is 66.7 Å². The Hall–Kier alpha value is -2.78. The number of hydrogen-bond donors (Lipinski definition) is 1. The SMILES string of the molecule is [NH3+]CCc1ccc(OCc2ccccc2)c(OCc2ccccc2)c1. The normalized spacial score (nSPS) is 10.4. The van der Waals surface area contributed by atoms with Gasteiger partial charge < -0.3 is 15.2 Å². The van der Waals surface area contributed by atoms with Crippen molar-refractivity contribution in [2.45, 2.75) is 19.6 Å². The molecular formula is C22H24NO2+. The van der Waals surface area contributed by atoms with Gasteiger partial charge in [0.1, 0.15) is 13.2 Å². The number of ether oxygens (including phenoxy) is 2. The van der Waals surface area contributed by atoms with Gasteiger partial charge in [0.25, 0.3) is 0 Å². The van der Waals surface area contributed by atoms with Crippen LogP contribution in [-0.4, -0.2) is 6.54 Å². The van der Waals surface area contributed by atoms with E-state index in [4.69, 9.17) is 9.47 Å². The van der Waals surface area contributed by atoms with Crippen molar-refractivity contribution in [2.24, 2.45) is 0 Å². The van der Waals surface area contributed by atoms with Crippen molar-refractivity contribution in [1.82, 2.24) is 0 Å². The minimum absolute atomic E-state index is 0.524. The summed E-state index contributed by atoms with van der Waals surface area (Å²) in [5.41, 5.74) is 7.42. The molecule has 3 N–H and O–H groups in total. The van der Waals surface area contributed by atoms with Gasteiger partial charge in [-0.15, -0.1) is 0 Å². The van der Waals surface area contributed by atoms with Gasteiger partial charge in [0, 0.05) is 6.42 Å². The summed E-state index contributed by atoms with van der Waals surface area (Å²) in [5, 5.41) is 0. The van der Waals surface area contributed by atoms with E-state index >= 15 is 0 Å². The molecule has 25 heavy (non-hydrogen) atoms. The standard InChI is InChI=1S/C22H23NO2/c23-14-13-18-11-12-21(24-16-19-7-3-1-4-8-19)22(15-18)25-17-20-9-5-2-6-10-20/h1-12,15H,13-14,16-17,23H2/p+1. The van der Waals surface area contributed by atoms with E-state index in [9.17, 15) is 0 Å². The average Bonchev–Trinajstić information content (AvgIpc) is 2.67. The minimum atomic E-state index is 0.524. The molecule has 0 fully saturated rings. The second-order valence-electron chi connectivity index (χ2n) is 5.93. The monoisotopic (exact) mass is 334 g/mol. The lowest BCUT2D eigenvalue weighted by molar-refractivity contribution is -0.366. The summed E-state index contributed by atoms with van der Waals surface area (Å²) in [7, 11) is 0. The highest BCUT2D eigenvalue weighted by atomic mass is 16.5. The summed E-state index contributed by atoms with van der Waals surface area (Å²) < 4.78 is 12.1. The van der Waals surface area contributed by atoms with Crippen molar-refractivity contribution >= 4 is 0 Å². The summed E-state index contributed by atoms with van der Waals surface area (Å²) in [6.07, 6.45) is 0.931. The first-order valence-corrected chi connectivity index (χ1v) is 8.61. The van der Waals surface area contributed by atoms with Gasteiger partial charge in [-0.25, -0.2) is 0 Å². The van der Waals surface area contributed by atoms with E-state index in [-0.39, 0.29) is 0 Å². The van der Waals surface area contributed by atoms with Gasteiger partial charge >= 0.3 is 0 Å². The molecule has 3 rings (SSSR count). The first-order chi connectivity index (χ1) is 12.3. The molecule has 0 bridgehead atoms. The highest BCUT2D eigenvalue weighted by molar-refractivity contribution is 5.43. The minimum Gasteiger partial charge on any atom is -0.485 e. The van der Waals surface area contributed by atoms with Gasteiger partial charge in [0.15, 0.2) is 11.5 Å². The Bertz CT molecular complexity index is 773. The van der Waals surface area contributed by atoms with Crippen molar-refractivity contribution in [3.05, 3.63) is 95.6 Å². The summed E-state index contributed by atoms with van der Waals surface area (Å²) in [6, 6.07) is 26.5. The van der Waals surface area contributed by atoms with Crippen LogP contribution in [0.15, 0.2) is 78.9 Å². The molecule has 0 radical (unpaired) electrons. The van der Waals surface area contributed by atoms with Gasteiger partial charge in [-0.2, -0.15) is 0 Å². The van der Waals surface area contributed by atoms with E-state index in [1.807, 2.05) is 42.5 Å². The van der Waals surface area contributed by atoms with Crippen LogP contribution in [0, 0.1) is 0 Å². The molecule has 3 aromatic rings. The fourth-order valence-corrected chi connectivity index (χ4v) is 2.61. The van der Waals surface area contributed by atoms with Crippen LogP contribution in [0.25, 0.3) is 0 Å². The predicted octanol–water partition coefficient (Wildman–Crippen LogP) is 3.63. The van der Waals surface area contributed by atoms with Crippen molar-refractivity contribution in [1.29, 1.82) is 0 Å². The molecule has 0 unspecified atom stereocenters. The van der Waals surface area contributed by atoms with E-state index in [0.29, 0.717) is 13.2 Å². The first kappa shape index (κ1) is 17.1. The Morgan fingerprint density at radius 1 is 0.600 bits per heavy atom. The van der Waals surface area contributed by atoms with Crippen LogP contribution in [0.5, 0.6) is 11.5 Å². The van der Waals surface area contributed by atoms with Crippen molar-refractivity contribution in [3.63, 3.8) is 0 Å². The molecular weight excluding hydrogens is 310 g/mol. The summed E-state index contributed by atoms with van der Waals surface area (Å²) in [5.74, 6) is 1.55. The lowest BCUT2D eigenvalue weighted by Gasteiger charge is -2.14. The van der Waals surface area contributed by atoms with E-state index in [2.05, 4.69) is 42.1 Å². The third kappa shape index (κ3) is 5.10. The number of quaternary nitrogens is 1. The first-order valence-electron chi connectivity index (χ1n) is 8.61. The van der Waals surface area contributed by atoms with Crippen LogP contribution in [0.1, 0.15) is 16.7 Å². The quantitative estimate of drug-likeness (QED) is 0.684. The molecule has 3 nitrogen and oxygen atoms in total. The Balaban J connectivity index is 1.73. The fourth-order valence-electron chi connectivity index (χ4n) is 2.61. The Kier molecular flexibility index (Phi) is 6.07. The van der Waals surface area contributed by atoms with Crippen molar-refractivity contribution in [3.8, 4) is 11.5 Å². The van der Waals surface area contributed by atoms with Gasteiger partial charge in [0.2, 0.25) is 0 Å². The van der Waals surface area contributed by atoms with E-state index in [0.717, 1.165) is 35.6 Å². The molecule has 0 heterocycles. The molecule has 0 aliphatic rings. The smallest absolute Gasteiger partial charge is 0.161 e. The van der Waals surface area contributed by atoms with Gasteiger partial charge in [-0.3, -0.25) is 0 Å². The molecule has 3 heteroatoms. The Labute approximate surface area is 149 Å². The summed E-state index contributed by atoms with van der Waals surface area (Å²) >= 11 is 0. The Morgan fingerprint density at radius 3 is 1.72 bits per heavy atom. The maximum Gasteiger partial charge on any atom is 0.161 e. The van der Waals surface area contributed by atoms with Crippen LogP contribution in [0.2, 0.25) is 0 Å². The topological polar surface area (TPSA) is 46.1 Å². The second kappa shape index (κ2) is 8.90. The van der Waals surface area contributed by atoms with Gasteiger partial charge in [-0.05, 0) is 28.8 Å². The Morgan fingerprint density at radius 2 is 1.16 bits per heavy atom. The van der Waals surface area contributed by atoms with Crippen molar-refractivity contribution in [2.75, 3.05) is 6.54 Å². The van der Waals surface area contributed by atoms with Crippen LogP contribution in [0.4, 0.5) is 0 Å². The zero-order valence-corrected chi connectivity index (χ0v) is 14.4.